The van der Waals surface area contributed by atoms with Crippen molar-refractivity contribution < 1.29 is 25.9 Å². The summed E-state index contributed by atoms with van der Waals surface area (Å²) in [7, 11) is -9.10. The number of aryl methyl sites for hydroxylation is 2. The molecule has 81 heavy (non-hydrogen) atoms. The van der Waals surface area contributed by atoms with Crippen LogP contribution in [-0.2, 0) is 45.9 Å². The number of unbranched alkanes of at least 4 members (excludes halogenated alkanes) is 40. The van der Waals surface area contributed by atoms with Crippen LogP contribution in [0.25, 0.3) is 21.5 Å². The van der Waals surface area contributed by atoms with Gasteiger partial charge in [0.05, 0.1) is 9.79 Å². The van der Waals surface area contributed by atoms with E-state index in [2.05, 4.69) is 39.8 Å². The fraction of sp³-hybridized carbons (Fsp3) is 0.722. The number of benzene rings is 4. The molecule has 0 saturated heterocycles. The van der Waals surface area contributed by atoms with E-state index in [1.54, 1.807) is 12.1 Å². The van der Waals surface area contributed by atoms with Gasteiger partial charge in [-0.3, -0.25) is 0 Å². The molecule has 0 unspecified atom stereocenters. The number of rotatable bonds is 50. The van der Waals surface area contributed by atoms with Crippen molar-refractivity contribution in [2.45, 2.75) is 346 Å². The Hall–Kier alpha value is -1.21. The molecule has 4 rings (SSSR count). The SMILES string of the molecule is CCCCCCCCCCCCCc1cc2ccccc2c(S(=O)(=O)[O-])c1CCCCCCCCCCCCC.CCCCCCCCCCCCCc1cc2ccccc2c(S(=O)(=O)[O-])c1CCCCCCCCCCCCC.[Ba+2]. The van der Waals surface area contributed by atoms with Crippen LogP contribution < -0.4 is 0 Å². The van der Waals surface area contributed by atoms with Gasteiger partial charge in [-0.05, 0) is 95.2 Å². The van der Waals surface area contributed by atoms with Crippen molar-refractivity contribution >= 4 is 90.7 Å². The second-order valence-electron chi connectivity index (χ2n) is 24.2. The predicted octanol–water partition coefficient (Wildman–Crippen LogP) is 22.5. The van der Waals surface area contributed by atoms with Crippen LogP contribution in [0.15, 0.2) is 70.5 Å². The Kier molecular flexibility index (Phi) is 45.8. The van der Waals surface area contributed by atoms with E-state index in [0.717, 1.165) is 84.4 Å². The van der Waals surface area contributed by atoms with Crippen LogP contribution in [0.1, 0.15) is 332 Å². The van der Waals surface area contributed by atoms with Gasteiger partial charge in [0, 0.05) is 0 Å². The summed E-state index contributed by atoms with van der Waals surface area (Å²) in [5, 5.41) is 2.94. The zero-order valence-electron chi connectivity index (χ0n) is 52.7. The van der Waals surface area contributed by atoms with Crippen molar-refractivity contribution in [3.8, 4) is 0 Å². The Labute approximate surface area is 540 Å². The summed E-state index contributed by atoms with van der Waals surface area (Å²) in [6.45, 7) is 9.05. The van der Waals surface area contributed by atoms with Gasteiger partial charge < -0.3 is 9.11 Å². The molecular weight excluding hydrogens is 1160 g/mol. The van der Waals surface area contributed by atoms with Crippen LogP contribution >= 0.6 is 0 Å². The van der Waals surface area contributed by atoms with E-state index in [1.807, 2.05) is 36.4 Å². The van der Waals surface area contributed by atoms with E-state index in [1.165, 1.54) is 244 Å². The number of hydrogen-bond donors (Lipinski definition) is 0. The summed E-state index contributed by atoms with van der Waals surface area (Å²) in [6.07, 6.45) is 59.2. The third-order valence-electron chi connectivity index (χ3n) is 17.1. The quantitative estimate of drug-likeness (QED) is 0.0247. The van der Waals surface area contributed by atoms with Crippen LogP contribution in [0.4, 0.5) is 0 Å². The van der Waals surface area contributed by atoms with Gasteiger partial charge in [0.2, 0.25) is 0 Å². The summed E-state index contributed by atoms with van der Waals surface area (Å²) in [5.41, 5.74) is 3.76. The first-order valence-electron chi connectivity index (χ1n) is 34.0. The molecule has 0 spiro atoms. The van der Waals surface area contributed by atoms with Crippen LogP contribution in [0.2, 0.25) is 0 Å². The van der Waals surface area contributed by atoms with E-state index in [-0.39, 0.29) is 58.7 Å². The van der Waals surface area contributed by atoms with Gasteiger partial charge in [-0.25, -0.2) is 16.8 Å². The molecule has 0 aliphatic carbocycles. The average molecular weight is 1280 g/mol. The Morgan fingerprint density at radius 3 is 0.704 bits per heavy atom. The molecule has 4 aromatic carbocycles. The van der Waals surface area contributed by atoms with E-state index >= 15 is 0 Å². The average Bonchev–Trinajstić information content (AvgIpc) is 3.50. The molecule has 0 fully saturated rings. The first kappa shape index (κ1) is 75.9. The molecule has 0 heterocycles. The van der Waals surface area contributed by atoms with Crippen molar-refractivity contribution in [3.63, 3.8) is 0 Å². The minimum Gasteiger partial charge on any atom is -0.744 e. The molecule has 6 nitrogen and oxygen atoms in total. The molecule has 0 aliphatic rings. The molecule has 0 saturated carbocycles. The molecule has 0 radical (unpaired) electrons. The maximum atomic E-state index is 12.5. The van der Waals surface area contributed by atoms with Crippen molar-refractivity contribution in [1.82, 2.24) is 0 Å². The first-order chi connectivity index (χ1) is 39.0. The van der Waals surface area contributed by atoms with Crippen LogP contribution in [0.5, 0.6) is 0 Å². The van der Waals surface area contributed by atoms with E-state index in [9.17, 15) is 25.9 Å². The zero-order chi connectivity index (χ0) is 57.8. The van der Waals surface area contributed by atoms with E-state index < -0.39 is 20.2 Å². The fourth-order valence-corrected chi connectivity index (χ4v) is 14.3. The summed E-state index contributed by atoms with van der Waals surface area (Å²) >= 11 is 0. The van der Waals surface area contributed by atoms with Crippen molar-refractivity contribution in [2.24, 2.45) is 0 Å². The summed E-state index contributed by atoms with van der Waals surface area (Å²) < 4.78 is 75.2. The topological polar surface area (TPSA) is 114 Å². The Balaban J connectivity index is 0.000000547. The third-order valence-corrected chi connectivity index (χ3v) is 19.0. The minimum absolute atomic E-state index is 0. The summed E-state index contributed by atoms with van der Waals surface area (Å²) in [5.74, 6) is 0. The van der Waals surface area contributed by atoms with Gasteiger partial charge in [-0.15, -0.1) is 0 Å². The second kappa shape index (κ2) is 48.9. The molecule has 0 atom stereocenters. The van der Waals surface area contributed by atoms with Crippen molar-refractivity contribution in [1.29, 1.82) is 0 Å². The third kappa shape index (κ3) is 34.1. The standard InChI is InChI=1S/2C36H60O3S.Ba/c2*1-3-5-7-9-11-13-15-17-19-21-23-27-32-31-33-28-25-26-30-35(33)36(40(37,38)39)34(32)29-24-22-20-18-16-14-12-10-8-6-4-2;/h2*25-26,28,30-31H,3-24,27,29H2,1-2H3,(H,37,38,39);/q;;+2/p-2. The van der Waals surface area contributed by atoms with Crippen LogP contribution in [0.3, 0.4) is 0 Å². The monoisotopic (exact) mass is 1280 g/mol. The molecule has 0 N–H and O–H groups in total. The van der Waals surface area contributed by atoms with E-state index in [4.69, 9.17) is 0 Å². The maximum absolute atomic E-state index is 12.5. The van der Waals surface area contributed by atoms with Crippen LogP contribution in [0, 0.1) is 0 Å². The fourth-order valence-electron chi connectivity index (χ4n) is 12.3. The van der Waals surface area contributed by atoms with Gasteiger partial charge in [-0.2, -0.15) is 0 Å². The molecule has 0 aliphatic heterocycles. The molecular formula is C72H118BaO6S2. The largest absolute Gasteiger partial charge is 2.00 e. The summed E-state index contributed by atoms with van der Waals surface area (Å²) in [4.78, 5) is 0.103. The smallest absolute Gasteiger partial charge is 0.744 e. The van der Waals surface area contributed by atoms with Gasteiger partial charge >= 0.3 is 48.9 Å². The maximum Gasteiger partial charge on any atom is 2.00 e. The van der Waals surface area contributed by atoms with Crippen LogP contribution in [-0.4, -0.2) is 74.8 Å². The predicted molar refractivity (Wildman–Crippen MR) is 350 cm³/mol. The molecule has 0 bridgehead atoms. The van der Waals surface area contributed by atoms with Crippen molar-refractivity contribution in [2.75, 3.05) is 0 Å². The molecule has 0 aromatic heterocycles. The van der Waals surface area contributed by atoms with Gasteiger partial charge in [-0.1, -0.05) is 345 Å². The van der Waals surface area contributed by atoms with Crippen molar-refractivity contribution in [3.05, 3.63) is 82.9 Å². The molecule has 456 valence electrons. The Morgan fingerprint density at radius 1 is 0.284 bits per heavy atom. The second-order valence-corrected chi connectivity index (χ2v) is 26.8. The summed E-state index contributed by atoms with van der Waals surface area (Å²) in [6, 6.07) is 19.4. The molecule has 0 amide bonds. The van der Waals surface area contributed by atoms with Gasteiger partial charge in [0.1, 0.15) is 20.2 Å². The minimum atomic E-state index is -4.55. The van der Waals surface area contributed by atoms with Gasteiger partial charge in [0.15, 0.2) is 0 Å². The Morgan fingerprint density at radius 2 is 0.481 bits per heavy atom. The van der Waals surface area contributed by atoms with E-state index in [0.29, 0.717) is 23.6 Å². The normalized spacial score (nSPS) is 11.8. The first-order valence-corrected chi connectivity index (χ1v) is 36.8. The number of hydrogen-bond acceptors (Lipinski definition) is 6. The Bertz CT molecular complexity index is 2230. The van der Waals surface area contributed by atoms with Gasteiger partial charge in [0.25, 0.3) is 0 Å². The molecule has 9 heteroatoms. The zero-order valence-corrected chi connectivity index (χ0v) is 58.8. The molecule has 4 aromatic rings. The number of fused-ring (bicyclic) bond motifs is 2.